The van der Waals surface area contributed by atoms with Gasteiger partial charge in [0, 0.05) is 0 Å². The van der Waals surface area contributed by atoms with Gasteiger partial charge in [-0.15, -0.1) is 0 Å². The van der Waals surface area contributed by atoms with Crippen molar-refractivity contribution in [3.63, 3.8) is 0 Å². The van der Waals surface area contributed by atoms with Crippen molar-refractivity contribution in [1.29, 1.82) is 0 Å². The molecule has 232 valence electrons. The molecule has 0 aromatic heterocycles. The first-order valence-electron chi connectivity index (χ1n) is 15.2. The Morgan fingerprint density at radius 2 is 0.756 bits per heavy atom. The minimum Gasteiger partial charge on any atom is 2.00 e. The van der Waals surface area contributed by atoms with Crippen LogP contribution in [0.3, 0.4) is 0 Å². The molecule has 7 heteroatoms. The minimum absolute atomic E-state index is 0. The maximum Gasteiger partial charge on any atom is 2.00 e. The van der Waals surface area contributed by atoms with E-state index < -0.39 is 30.6 Å². The third-order valence-corrected chi connectivity index (χ3v) is 9.68. The van der Waals surface area contributed by atoms with Crippen LogP contribution in [0.15, 0.2) is 94.9 Å². The van der Waals surface area contributed by atoms with Crippen molar-refractivity contribution in [2.45, 2.75) is 79.1 Å². The van der Waals surface area contributed by atoms with Crippen molar-refractivity contribution in [2.75, 3.05) is 0 Å². The van der Waals surface area contributed by atoms with Crippen molar-refractivity contribution < 1.29 is 27.9 Å². The molecule has 4 aromatic carbocycles. The molecule has 0 saturated heterocycles. The third kappa shape index (κ3) is 10.9. The average molecular weight is 784 g/mol. The number of benzene rings is 4. The fourth-order valence-electron chi connectivity index (χ4n) is 4.92. The van der Waals surface area contributed by atoms with Gasteiger partial charge in [0.15, 0.2) is 0 Å². The van der Waals surface area contributed by atoms with Gasteiger partial charge in [-0.1, -0.05) is 0 Å². The second-order valence-corrected chi connectivity index (χ2v) is 14.5. The van der Waals surface area contributed by atoms with Gasteiger partial charge in [0.05, 0.1) is 0 Å². The van der Waals surface area contributed by atoms with Gasteiger partial charge in [-0.2, -0.15) is 0 Å². The molecular weight excluding hydrogens is 740 g/mol. The monoisotopic (exact) mass is 784 g/mol. The van der Waals surface area contributed by atoms with Gasteiger partial charge < -0.3 is 0 Å². The van der Waals surface area contributed by atoms with Crippen molar-refractivity contribution in [3.05, 3.63) is 118 Å². The predicted molar refractivity (Wildman–Crippen MR) is 187 cm³/mol. The van der Waals surface area contributed by atoms with Crippen molar-refractivity contribution in [2.24, 2.45) is 9.98 Å². The normalized spacial score (nSPS) is 11.5. The molecule has 45 heavy (non-hydrogen) atoms. The summed E-state index contributed by atoms with van der Waals surface area (Å²) in [6.45, 7) is 17.5. The van der Waals surface area contributed by atoms with Gasteiger partial charge in [0.2, 0.25) is 0 Å². The molecule has 0 aliphatic rings. The van der Waals surface area contributed by atoms with Crippen LogP contribution in [0.2, 0.25) is 0 Å². The molecule has 0 unspecified atom stereocenters. The Morgan fingerprint density at radius 3 is 1.02 bits per heavy atom. The smallest absolute Gasteiger partial charge is 2.00 e. The molecule has 0 bridgehead atoms. The summed E-state index contributed by atoms with van der Waals surface area (Å²) in [7, 11) is 0. The third-order valence-electron chi connectivity index (χ3n) is 7.37. The molecule has 0 radical (unpaired) electrons. The van der Waals surface area contributed by atoms with Crippen LogP contribution in [0.25, 0.3) is 0 Å². The Morgan fingerprint density at radius 1 is 0.467 bits per heavy atom. The summed E-state index contributed by atoms with van der Waals surface area (Å²) < 4.78 is 24.3. The molecule has 0 saturated carbocycles. The van der Waals surface area contributed by atoms with Crippen LogP contribution in [0.4, 0.5) is 11.4 Å². The molecule has 0 aliphatic heterocycles. The van der Waals surface area contributed by atoms with Crippen LogP contribution in [-0.4, -0.2) is 43.0 Å². The van der Waals surface area contributed by atoms with Gasteiger partial charge in [-0.25, -0.2) is 0 Å². The maximum absolute atomic E-state index is 11.3. The molecule has 0 aliphatic carbocycles. The first kappa shape index (κ1) is 39.0. The molecular formula is C38H44N2O2Se2Zn. The second kappa shape index (κ2) is 19.5. The zero-order valence-electron chi connectivity index (χ0n) is 27.8. The number of aliphatic imine (C=N–C) groups is 2. The van der Waals surface area contributed by atoms with Crippen LogP contribution in [-0.2, 0) is 19.5 Å². The number of nitrogens with zero attached hydrogens (tertiary/aromatic N) is 2. The van der Waals surface area contributed by atoms with E-state index in [0.717, 1.165) is 31.4 Å². The molecule has 0 amide bonds. The number of hydrogen-bond acceptors (Lipinski definition) is 4. The van der Waals surface area contributed by atoms with Crippen molar-refractivity contribution in [3.8, 4) is 0 Å². The zero-order chi connectivity index (χ0) is 32.2. The van der Waals surface area contributed by atoms with E-state index in [1.165, 1.54) is 22.3 Å². The van der Waals surface area contributed by atoms with Crippen LogP contribution in [0.1, 0.15) is 112 Å². The van der Waals surface area contributed by atoms with Crippen LogP contribution in [0, 0.1) is 0 Å². The molecule has 0 atom stereocenters. The van der Waals surface area contributed by atoms with E-state index in [-0.39, 0.29) is 19.5 Å². The summed E-state index contributed by atoms with van der Waals surface area (Å²) in [5.74, 6) is 1.68. The van der Waals surface area contributed by atoms with E-state index in [4.69, 9.17) is 9.98 Å². The first-order valence-corrected chi connectivity index (χ1v) is 18.3. The van der Waals surface area contributed by atoms with Gasteiger partial charge in [-0.05, 0) is 0 Å². The molecule has 4 nitrogen and oxygen atoms in total. The second-order valence-electron chi connectivity index (χ2n) is 11.9. The summed E-state index contributed by atoms with van der Waals surface area (Å²) >= 11 is -1.53. The van der Waals surface area contributed by atoms with Crippen molar-refractivity contribution in [1.82, 2.24) is 0 Å². The van der Waals surface area contributed by atoms with Gasteiger partial charge in [0.25, 0.3) is 0 Å². The van der Waals surface area contributed by atoms with Crippen molar-refractivity contribution >= 4 is 63.3 Å². The van der Waals surface area contributed by atoms with Gasteiger partial charge >= 0.3 is 299 Å². The van der Waals surface area contributed by atoms with E-state index in [9.17, 15) is 8.38 Å². The average Bonchev–Trinajstić information content (AvgIpc) is 3.02. The van der Waals surface area contributed by atoms with Gasteiger partial charge in [0.1, 0.15) is 0 Å². The molecule has 0 fully saturated rings. The Hall–Kier alpha value is -2.20. The first-order chi connectivity index (χ1) is 21.1. The topological polar surface area (TPSA) is 70.8 Å². The van der Waals surface area contributed by atoms with Crippen LogP contribution in [0.5, 0.6) is 0 Å². The minimum atomic E-state index is -0.763. The molecule has 0 heterocycles. The predicted octanol–water partition coefficient (Wildman–Crippen LogP) is 6.58. The van der Waals surface area contributed by atoms with E-state index >= 15 is 0 Å². The summed E-state index contributed by atoms with van der Waals surface area (Å²) in [6.07, 6.45) is 3.70. The Labute approximate surface area is 296 Å². The fraction of sp³-hybridized carbons (Fsp3) is 0.316. The quantitative estimate of drug-likeness (QED) is 0.135. The Bertz CT molecular complexity index is 1400. The summed E-state index contributed by atoms with van der Waals surface area (Å²) in [4.78, 5) is 9.55. The van der Waals surface area contributed by atoms with E-state index in [1.807, 2.05) is 61.0 Å². The number of rotatable bonds is 10. The number of hydrogen-bond donors (Lipinski definition) is 0. The van der Waals surface area contributed by atoms with E-state index in [2.05, 4.69) is 91.8 Å². The maximum atomic E-state index is 11.3. The standard InChI is InChI=1S/2C19H23NOSe.Zn/c2*1-13(2)16-9-7-10-17(14(3)4)19(16)20-12-15-8-5-6-11-18(15)22-21;/h2*5-14,21H,1-4H3;/q;;+2/p-2. The van der Waals surface area contributed by atoms with Crippen LogP contribution < -0.4 is 17.3 Å². The van der Waals surface area contributed by atoms with E-state index in [1.54, 1.807) is 0 Å². The van der Waals surface area contributed by atoms with E-state index in [0.29, 0.717) is 23.7 Å². The molecule has 4 rings (SSSR count). The van der Waals surface area contributed by atoms with Crippen LogP contribution >= 0.6 is 0 Å². The molecule has 0 spiro atoms. The number of para-hydroxylation sites is 2. The summed E-state index contributed by atoms with van der Waals surface area (Å²) in [5.41, 5.74) is 9.01. The largest absolute Gasteiger partial charge is 2.00 e. The summed E-state index contributed by atoms with van der Waals surface area (Å²) in [5, 5.41) is 0. The molecule has 4 aromatic rings. The molecule has 0 N–H and O–H groups in total. The fourth-order valence-corrected chi connectivity index (χ4v) is 6.39. The SMILES string of the molecule is CC(C)c1cccc(C(C)C)c1N=Cc1ccccc1[Se][O-].CC(C)c1cccc(C(C)C)c1N=Cc1ccccc1[Se][O-].[Zn+2]. The summed E-state index contributed by atoms with van der Waals surface area (Å²) in [6, 6.07) is 28.2. The zero-order valence-corrected chi connectivity index (χ0v) is 34.2. The van der Waals surface area contributed by atoms with Gasteiger partial charge in [-0.3, -0.25) is 0 Å². The Kier molecular flexibility index (Phi) is 16.9. The Balaban J connectivity index is 0.000000307.